The Kier molecular flexibility index (Phi) is 4.58. The molecule has 2 N–H and O–H groups in total. The summed E-state index contributed by atoms with van der Waals surface area (Å²) in [5.74, 6) is 1.26. The van der Waals surface area contributed by atoms with Gasteiger partial charge in [-0.3, -0.25) is 0 Å². The predicted molar refractivity (Wildman–Crippen MR) is 55.9 cm³/mol. The van der Waals surface area contributed by atoms with Crippen molar-refractivity contribution in [2.24, 2.45) is 0 Å². The summed E-state index contributed by atoms with van der Waals surface area (Å²) in [5.41, 5.74) is 0. The van der Waals surface area contributed by atoms with Gasteiger partial charge in [-0.15, -0.1) is 0 Å². The van der Waals surface area contributed by atoms with E-state index in [0.717, 1.165) is 5.75 Å². The van der Waals surface area contributed by atoms with Crippen LogP contribution in [-0.2, 0) is 0 Å². The summed E-state index contributed by atoms with van der Waals surface area (Å²) in [6.07, 6.45) is 0.692. The second-order valence-corrected chi connectivity index (χ2v) is 2.84. The zero-order valence-electron chi connectivity index (χ0n) is 8.07. The molecule has 1 aromatic carbocycles. The van der Waals surface area contributed by atoms with Gasteiger partial charge in [-0.1, -0.05) is 18.2 Å². The minimum atomic E-state index is 0.172. The first-order chi connectivity index (χ1) is 6.83. The Morgan fingerprint density at radius 2 is 2.07 bits per heavy atom. The summed E-state index contributed by atoms with van der Waals surface area (Å²) >= 11 is 0. The second-order valence-electron chi connectivity index (χ2n) is 2.84. The molecule has 3 heteroatoms. The van der Waals surface area contributed by atoms with Gasteiger partial charge in [-0.25, -0.2) is 0 Å². The van der Waals surface area contributed by atoms with Crippen molar-refractivity contribution in [1.82, 2.24) is 5.32 Å². The summed E-state index contributed by atoms with van der Waals surface area (Å²) in [5, 5.41) is 11.5. The van der Waals surface area contributed by atoms with E-state index < -0.39 is 0 Å². The smallest absolute Gasteiger partial charge is 0.186 e. The van der Waals surface area contributed by atoms with Gasteiger partial charge in [-0.2, -0.15) is 0 Å². The van der Waals surface area contributed by atoms with Crippen LogP contribution in [0.2, 0.25) is 0 Å². The Morgan fingerprint density at radius 3 is 2.71 bits per heavy atom. The molecule has 0 spiro atoms. The summed E-state index contributed by atoms with van der Waals surface area (Å²) in [6, 6.07) is 9.44. The van der Waals surface area contributed by atoms with Crippen molar-refractivity contribution >= 4 is 0 Å². The summed E-state index contributed by atoms with van der Waals surface area (Å²) in [7, 11) is 0. The normalized spacial score (nSPS) is 9.50. The van der Waals surface area contributed by atoms with Crippen LogP contribution >= 0.6 is 0 Å². The topological polar surface area (TPSA) is 41.5 Å². The second kappa shape index (κ2) is 6.05. The van der Waals surface area contributed by atoms with Gasteiger partial charge in [0.1, 0.15) is 5.75 Å². The summed E-state index contributed by atoms with van der Waals surface area (Å²) in [4.78, 5) is 0. The van der Waals surface area contributed by atoms with Gasteiger partial charge in [0.2, 0.25) is 0 Å². The van der Waals surface area contributed by atoms with Crippen molar-refractivity contribution in [1.29, 1.82) is 0 Å². The van der Waals surface area contributed by atoms with Crippen LogP contribution in [0.15, 0.2) is 42.8 Å². The highest BCUT2D eigenvalue weighted by molar-refractivity contribution is 5.22. The van der Waals surface area contributed by atoms with Crippen molar-refractivity contribution in [2.45, 2.75) is 6.42 Å². The number of para-hydroxylation sites is 1. The van der Waals surface area contributed by atoms with Crippen LogP contribution in [-0.4, -0.2) is 18.3 Å². The molecule has 0 heterocycles. The molecule has 0 aliphatic rings. The fourth-order valence-corrected chi connectivity index (χ4v) is 0.974. The lowest BCUT2D eigenvalue weighted by molar-refractivity contribution is 0.282. The first-order valence-electron chi connectivity index (χ1n) is 4.59. The molecule has 0 unspecified atom stereocenters. The predicted octanol–water partition coefficient (Wildman–Crippen LogP) is 1.51. The van der Waals surface area contributed by atoms with Gasteiger partial charge < -0.3 is 15.2 Å². The van der Waals surface area contributed by atoms with Crippen LogP contribution < -0.4 is 10.1 Å². The quantitative estimate of drug-likeness (QED) is 0.531. The number of rotatable bonds is 6. The molecule has 0 saturated heterocycles. The molecule has 0 bridgehead atoms. The number of aliphatic hydroxyl groups excluding tert-OH is 1. The number of benzene rings is 1. The highest BCUT2D eigenvalue weighted by atomic mass is 16.5. The molecule has 0 radical (unpaired) electrons. The lowest BCUT2D eigenvalue weighted by Gasteiger charge is -2.09. The lowest BCUT2D eigenvalue weighted by atomic mass is 10.3. The monoisotopic (exact) mass is 193 g/mol. The molecule has 14 heavy (non-hydrogen) atoms. The molecule has 0 aliphatic carbocycles. The van der Waals surface area contributed by atoms with E-state index in [2.05, 4.69) is 11.9 Å². The number of aliphatic hydroxyl groups is 1. The third kappa shape index (κ3) is 3.96. The molecule has 0 atom stereocenters. The lowest BCUT2D eigenvalue weighted by Crippen LogP contribution is -2.18. The van der Waals surface area contributed by atoms with Crippen molar-refractivity contribution in [3.8, 4) is 5.75 Å². The van der Waals surface area contributed by atoms with Crippen LogP contribution in [0.1, 0.15) is 6.42 Å². The zero-order chi connectivity index (χ0) is 10.2. The molecular weight excluding hydrogens is 178 g/mol. The third-order valence-corrected chi connectivity index (χ3v) is 1.64. The van der Waals surface area contributed by atoms with E-state index in [-0.39, 0.29) is 6.61 Å². The molecule has 1 rings (SSSR count). The van der Waals surface area contributed by atoms with Crippen LogP contribution in [0.4, 0.5) is 0 Å². The Bertz CT molecular complexity index is 272. The van der Waals surface area contributed by atoms with E-state index in [1.807, 2.05) is 30.3 Å². The fourth-order valence-electron chi connectivity index (χ4n) is 0.974. The summed E-state index contributed by atoms with van der Waals surface area (Å²) in [6.45, 7) is 4.55. The van der Waals surface area contributed by atoms with Crippen molar-refractivity contribution < 1.29 is 9.84 Å². The third-order valence-electron chi connectivity index (χ3n) is 1.64. The van der Waals surface area contributed by atoms with Gasteiger partial charge >= 0.3 is 0 Å². The van der Waals surface area contributed by atoms with E-state index in [4.69, 9.17) is 9.84 Å². The van der Waals surface area contributed by atoms with Gasteiger partial charge in [0, 0.05) is 13.2 Å². The summed E-state index contributed by atoms with van der Waals surface area (Å²) < 4.78 is 5.37. The van der Waals surface area contributed by atoms with Gasteiger partial charge in [0.05, 0.1) is 0 Å². The maximum Gasteiger partial charge on any atom is 0.186 e. The Balaban J connectivity index is 2.27. The number of hydrogen-bond donors (Lipinski definition) is 2. The maximum atomic E-state index is 8.56. The molecule has 0 amide bonds. The highest BCUT2D eigenvalue weighted by Crippen LogP contribution is 2.10. The number of hydrogen-bond acceptors (Lipinski definition) is 3. The van der Waals surface area contributed by atoms with Crippen LogP contribution in [0.25, 0.3) is 0 Å². The molecular formula is C11H15NO2. The SMILES string of the molecule is C=C(NCCCO)Oc1ccccc1. The first-order valence-corrected chi connectivity index (χ1v) is 4.59. The minimum Gasteiger partial charge on any atom is -0.442 e. The standard InChI is InChI=1S/C11H15NO2/c1-10(12-8-5-9-13)14-11-6-3-2-4-7-11/h2-4,6-7,12-13H,1,5,8-9H2. The Labute approximate surface area is 84.0 Å². The van der Waals surface area contributed by atoms with E-state index in [1.54, 1.807) is 0 Å². The number of ether oxygens (including phenoxy) is 1. The number of nitrogens with one attached hydrogen (secondary N) is 1. The zero-order valence-corrected chi connectivity index (χ0v) is 8.07. The van der Waals surface area contributed by atoms with Crippen LogP contribution in [0.3, 0.4) is 0 Å². The Morgan fingerprint density at radius 1 is 1.36 bits per heavy atom. The maximum absolute atomic E-state index is 8.56. The molecule has 0 fully saturated rings. The fraction of sp³-hybridized carbons (Fsp3) is 0.273. The van der Waals surface area contributed by atoms with E-state index in [1.165, 1.54) is 0 Å². The van der Waals surface area contributed by atoms with Crippen molar-refractivity contribution in [3.05, 3.63) is 42.8 Å². The minimum absolute atomic E-state index is 0.172. The molecule has 0 saturated carbocycles. The van der Waals surface area contributed by atoms with Gasteiger partial charge in [0.15, 0.2) is 5.88 Å². The van der Waals surface area contributed by atoms with Gasteiger partial charge in [0.25, 0.3) is 0 Å². The average molecular weight is 193 g/mol. The van der Waals surface area contributed by atoms with Crippen molar-refractivity contribution in [2.75, 3.05) is 13.2 Å². The van der Waals surface area contributed by atoms with Crippen LogP contribution in [0, 0.1) is 0 Å². The molecule has 76 valence electrons. The van der Waals surface area contributed by atoms with Gasteiger partial charge in [-0.05, 0) is 25.1 Å². The first kappa shape index (κ1) is 10.6. The van der Waals surface area contributed by atoms with E-state index >= 15 is 0 Å². The Hall–Kier alpha value is -1.48. The van der Waals surface area contributed by atoms with E-state index in [0.29, 0.717) is 18.8 Å². The molecule has 0 aromatic heterocycles. The molecule has 3 nitrogen and oxygen atoms in total. The highest BCUT2D eigenvalue weighted by Gasteiger charge is 1.95. The van der Waals surface area contributed by atoms with Crippen LogP contribution in [0.5, 0.6) is 5.75 Å². The molecule has 1 aromatic rings. The van der Waals surface area contributed by atoms with Crippen molar-refractivity contribution in [3.63, 3.8) is 0 Å². The molecule has 0 aliphatic heterocycles. The van der Waals surface area contributed by atoms with E-state index in [9.17, 15) is 0 Å². The average Bonchev–Trinajstić information content (AvgIpc) is 2.20. The largest absolute Gasteiger partial charge is 0.442 e.